The number of benzene rings is 1. The van der Waals surface area contributed by atoms with Gasteiger partial charge in [-0.25, -0.2) is 9.97 Å². The fourth-order valence-electron chi connectivity index (χ4n) is 1.56. The smallest absolute Gasteiger partial charge is 0.148 e. The molecule has 0 aliphatic rings. The molecule has 17 heavy (non-hydrogen) atoms. The zero-order chi connectivity index (χ0) is 12.3. The zero-order valence-electron chi connectivity index (χ0n) is 10.2. The van der Waals surface area contributed by atoms with Crippen molar-refractivity contribution in [3.63, 3.8) is 0 Å². The summed E-state index contributed by atoms with van der Waals surface area (Å²) in [5, 5.41) is 0. The second kappa shape index (κ2) is 4.63. The van der Waals surface area contributed by atoms with E-state index in [2.05, 4.69) is 9.97 Å². The van der Waals surface area contributed by atoms with Crippen molar-refractivity contribution >= 4 is 0 Å². The number of nitrogens with zero attached hydrogens (tertiary/aromatic N) is 2. The lowest BCUT2D eigenvalue weighted by Crippen LogP contribution is -2.34. The van der Waals surface area contributed by atoms with Crippen molar-refractivity contribution in [2.24, 2.45) is 5.73 Å². The van der Waals surface area contributed by atoms with Gasteiger partial charge in [-0.15, -0.1) is 0 Å². The summed E-state index contributed by atoms with van der Waals surface area (Å²) in [4.78, 5) is 8.82. The number of nitrogens with two attached hydrogens (primary N) is 1. The predicted octanol–water partition coefficient (Wildman–Crippen LogP) is 2.73. The molecule has 1 aromatic heterocycles. The van der Waals surface area contributed by atoms with E-state index in [0.717, 1.165) is 17.7 Å². The molecule has 0 spiro atoms. The Kier molecular flexibility index (Phi) is 3.20. The SMILES string of the molecule is CCC(C)(N)c1nccc(-c2ccccc2)n1. The third-order valence-electron chi connectivity index (χ3n) is 2.97. The van der Waals surface area contributed by atoms with Crippen LogP contribution in [0.25, 0.3) is 11.3 Å². The van der Waals surface area contributed by atoms with Gasteiger partial charge in [0.1, 0.15) is 5.82 Å². The van der Waals surface area contributed by atoms with Crippen LogP contribution in [-0.4, -0.2) is 9.97 Å². The highest BCUT2D eigenvalue weighted by Crippen LogP contribution is 2.21. The third kappa shape index (κ3) is 2.50. The molecule has 0 bridgehead atoms. The molecule has 0 amide bonds. The molecule has 1 atom stereocenters. The summed E-state index contributed by atoms with van der Waals surface area (Å²) in [5.41, 5.74) is 7.70. The number of hydrogen-bond donors (Lipinski definition) is 1. The van der Waals surface area contributed by atoms with Gasteiger partial charge in [0.05, 0.1) is 11.2 Å². The van der Waals surface area contributed by atoms with Crippen LogP contribution in [0.4, 0.5) is 0 Å². The first-order valence-corrected chi connectivity index (χ1v) is 5.81. The maximum absolute atomic E-state index is 6.16. The van der Waals surface area contributed by atoms with E-state index in [-0.39, 0.29) is 0 Å². The third-order valence-corrected chi connectivity index (χ3v) is 2.97. The van der Waals surface area contributed by atoms with Crippen LogP contribution < -0.4 is 5.73 Å². The van der Waals surface area contributed by atoms with Crippen molar-refractivity contribution in [1.82, 2.24) is 9.97 Å². The lowest BCUT2D eigenvalue weighted by molar-refractivity contribution is 0.446. The zero-order valence-corrected chi connectivity index (χ0v) is 10.2. The summed E-state index contributed by atoms with van der Waals surface area (Å²) in [6.07, 6.45) is 2.58. The van der Waals surface area contributed by atoms with Gasteiger partial charge in [-0.3, -0.25) is 0 Å². The van der Waals surface area contributed by atoms with Crippen LogP contribution in [-0.2, 0) is 5.54 Å². The normalized spacial score (nSPS) is 14.3. The maximum atomic E-state index is 6.16. The molecule has 3 heteroatoms. The topological polar surface area (TPSA) is 51.8 Å². The highest BCUT2D eigenvalue weighted by Gasteiger charge is 2.22. The quantitative estimate of drug-likeness (QED) is 0.877. The Bertz CT molecular complexity index is 492. The monoisotopic (exact) mass is 227 g/mol. The second-order valence-electron chi connectivity index (χ2n) is 4.40. The van der Waals surface area contributed by atoms with Crippen LogP contribution in [0.15, 0.2) is 42.6 Å². The van der Waals surface area contributed by atoms with Gasteiger partial charge in [-0.2, -0.15) is 0 Å². The van der Waals surface area contributed by atoms with E-state index in [1.807, 2.05) is 50.2 Å². The summed E-state index contributed by atoms with van der Waals surface area (Å²) < 4.78 is 0. The Morgan fingerprint density at radius 1 is 1.18 bits per heavy atom. The lowest BCUT2D eigenvalue weighted by Gasteiger charge is -2.21. The van der Waals surface area contributed by atoms with E-state index in [1.54, 1.807) is 6.20 Å². The van der Waals surface area contributed by atoms with E-state index >= 15 is 0 Å². The Morgan fingerprint density at radius 2 is 1.88 bits per heavy atom. The molecule has 3 nitrogen and oxygen atoms in total. The Balaban J connectivity index is 2.42. The molecule has 0 aliphatic heterocycles. The Hall–Kier alpha value is -1.74. The first-order valence-electron chi connectivity index (χ1n) is 5.81. The van der Waals surface area contributed by atoms with Crippen LogP contribution in [0.1, 0.15) is 26.1 Å². The fraction of sp³-hybridized carbons (Fsp3) is 0.286. The van der Waals surface area contributed by atoms with E-state index in [0.29, 0.717) is 5.82 Å². The largest absolute Gasteiger partial charge is 0.319 e. The summed E-state index contributed by atoms with van der Waals surface area (Å²) in [6, 6.07) is 12.0. The minimum atomic E-state index is -0.467. The van der Waals surface area contributed by atoms with E-state index in [4.69, 9.17) is 5.73 Å². The molecule has 2 rings (SSSR count). The van der Waals surface area contributed by atoms with Crippen molar-refractivity contribution in [2.75, 3.05) is 0 Å². The summed E-state index contributed by atoms with van der Waals surface area (Å²) in [5.74, 6) is 0.696. The van der Waals surface area contributed by atoms with E-state index < -0.39 is 5.54 Å². The molecule has 2 aromatic rings. The average molecular weight is 227 g/mol. The fourth-order valence-corrected chi connectivity index (χ4v) is 1.56. The van der Waals surface area contributed by atoms with Gasteiger partial charge in [0.2, 0.25) is 0 Å². The molecule has 88 valence electrons. The number of rotatable bonds is 3. The van der Waals surface area contributed by atoms with E-state index in [1.165, 1.54) is 0 Å². The van der Waals surface area contributed by atoms with Gasteiger partial charge in [0.15, 0.2) is 0 Å². The van der Waals surface area contributed by atoms with Gasteiger partial charge in [0, 0.05) is 11.8 Å². The first-order chi connectivity index (χ1) is 8.13. The van der Waals surface area contributed by atoms with Crippen LogP contribution in [0.5, 0.6) is 0 Å². The van der Waals surface area contributed by atoms with Crippen LogP contribution in [0, 0.1) is 0 Å². The summed E-state index contributed by atoms with van der Waals surface area (Å²) in [7, 11) is 0. The molecule has 2 N–H and O–H groups in total. The van der Waals surface area contributed by atoms with Crippen molar-refractivity contribution in [1.29, 1.82) is 0 Å². The lowest BCUT2D eigenvalue weighted by atomic mass is 9.99. The Morgan fingerprint density at radius 3 is 2.53 bits per heavy atom. The van der Waals surface area contributed by atoms with Crippen LogP contribution in [0.2, 0.25) is 0 Å². The first kappa shape index (κ1) is 11.7. The molecular weight excluding hydrogens is 210 g/mol. The van der Waals surface area contributed by atoms with Gasteiger partial charge < -0.3 is 5.73 Å². The van der Waals surface area contributed by atoms with Gasteiger partial charge >= 0.3 is 0 Å². The molecule has 0 saturated heterocycles. The Labute approximate surface area is 102 Å². The number of aromatic nitrogens is 2. The minimum absolute atomic E-state index is 0.467. The van der Waals surface area contributed by atoms with Crippen molar-refractivity contribution in [2.45, 2.75) is 25.8 Å². The van der Waals surface area contributed by atoms with Crippen molar-refractivity contribution in [3.05, 3.63) is 48.4 Å². The van der Waals surface area contributed by atoms with Crippen molar-refractivity contribution in [3.8, 4) is 11.3 Å². The molecule has 0 fully saturated rings. The molecule has 1 aromatic carbocycles. The highest BCUT2D eigenvalue weighted by molar-refractivity contribution is 5.58. The minimum Gasteiger partial charge on any atom is -0.319 e. The molecule has 0 radical (unpaired) electrons. The molecule has 0 aliphatic carbocycles. The number of hydrogen-bond acceptors (Lipinski definition) is 3. The average Bonchev–Trinajstić information content (AvgIpc) is 2.40. The molecule has 1 heterocycles. The summed E-state index contributed by atoms with van der Waals surface area (Å²) >= 11 is 0. The van der Waals surface area contributed by atoms with Crippen LogP contribution in [0.3, 0.4) is 0 Å². The highest BCUT2D eigenvalue weighted by atomic mass is 15.0. The van der Waals surface area contributed by atoms with Crippen molar-refractivity contribution < 1.29 is 0 Å². The van der Waals surface area contributed by atoms with E-state index in [9.17, 15) is 0 Å². The maximum Gasteiger partial charge on any atom is 0.148 e. The second-order valence-corrected chi connectivity index (χ2v) is 4.40. The molecule has 1 unspecified atom stereocenters. The van der Waals surface area contributed by atoms with Gasteiger partial charge in [-0.05, 0) is 19.4 Å². The van der Waals surface area contributed by atoms with Gasteiger partial charge in [0.25, 0.3) is 0 Å². The molecule has 0 saturated carbocycles. The summed E-state index contributed by atoms with van der Waals surface area (Å²) in [6.45, 7) is 4.00. The predicted molar refractivity (Wildman–Crippen MR) is 69.3 cm³/mol. The van der Waals surface area contributed by atoms with Gasteiger partial charge in [-0.1, -0.05) is 37.3 Å². The van der Waals surface area contributed by atoms with Crippen LogP contribution >= 0.6 is 0 Å². The molecular formula is C14H17N3. The standard InChI is InChI=1S/C14H17N3/c1-3-14(2,15)13-16-10-9-12(17-13)11-7-5-4-6-8-11/h4-10H,3,15H2,1-2H3.